The third-order valence-electron chi connectivity index (χ3n) is 2.45. The summed E-state index contributed by atoms with van der Waals surface area (Å²) >= 11 is 0. The SMILES string of the molecule is COC(=O)CCCNS(=O)(=O)c1ccc(OC)cc1. The summed E-state index contributed by atoms with van der Waals surface area (Å²) in [6.45, 7) is 0.184. The highest BCUT2D eigenvalue weighted by molar-refractivity contribution is 7.89. The first-order valence-electron chi connectivity index (χ1n) is 5.70. The van der Waals surface area contributed by atoms with Crippen LogP contribution in [0.15, 0.2) is 29.2 Å². The van der Waals surface area contributed by atoms with E-state index in [0.29, 0.717) is 12.2 Å². The molecule has 19 heavy (non-hydrogen) atoms. The van der Waals surface area contributed by atoms with Gasteiger partial charge >= 0.3 is 5.97 Å². The zero-order valence-corrected chi connectivity index (χ0v) is 11.7. The van der Waals surface area contributed by atoms with E-state index < -0.39 is 10.0 Å². The fraction of sp³-hybridized carbons (Fsp3) is 0.417. The molecule has 6 nitrogen and oxygen atoms in total. The summed E-state index contributed by atoms with van der Waals surface area (Å²) in [5.41, 5.74) is 0. The molecule has 0 aromatic heterocycles. The van der Waals surface area contributed by atoms with Crippen molar-refractivity contribution >= 4 is 16.0 Å². The van der Waals surface area contributed by atoms with Gasteiger partial charge in [-0.1, -0.05) is 0 Å². The van der Waals surface area contributed by atoms with Crippen molar-refractivity contribution in [3.05, 3.63) is 24.3 Å². The molecule has 0 aliphatic heterocycles. The second kappa shape index (κ2) is 7.10. The molecule has 0 saturated carbocycles. The molecule has 0 spiro atoms. The average molecular weight is 287 g/mol. The van der Waals surface area contributed by atoms with Crippen molar-refractivity contribution in [3.63, 3.8) is 0 Å². The lowest BCUT2D eigenvalue weighted by Gasteiger charge is -2.07. The first-order chi connectivity index (χ1) is 8.99. The molecule has 0 amide bonds. The van der Waals surface area contributed by atoms with Crippen molar-refractivity contribution in [3.8, 4) is 5.75 Å². The molecule has 0 aliphatic carbocycles. The van der Waals surface area contributed by atoms with Crippen molar-refractivity contribution in [2.45, 2.75) is 17.7 Å². The number of hydrogen-bond donors (Lipinski definition) is 1. The summed E-state index contributed by atoms with van der Waals surface area (Å²) in [6.07, 6.45) is 0.573. The van der Waals surface area contributed by atoms with Gasteiger partial charge in [0, 0.05) is 13.0 Å². The van der Waals surface area contributed by atoms with E-state index in [1.165, 1.54) is 26.4 Å². The maximum absolute atomic E-state index is 11.9. The van der Waals surface area contributed by atoms with Crippen LogP contribution in [0.3, 0.4) is 0 Å². The Labute approximate surface area is 112 Å². The lowest BCUT2D eigenvalue weighted by molar-refractivity contribution is -0.140. The van der Waals surface area contributed by atoms with E-state index in [9.17, 15) is 13.2 Å². The fourth-order valence-electron chi connectivity index (χ4n) is 1.38. The fourth-order valence-corrected chi connectivity index (χ4v) is 2.45. The van der Waals surface area contributed by atoms with E-state index >= 15 is 0 Å². The van der Waals surface area contributed by atoms with Crippen molar-refractivity contribution in [2.75, 3.05) is 20.8 Å². The lowest BCUT2D eigenvalue weighted by atomic mass is 10.3. The van der Waals surface area contributed by atoms with Crippen LogP contribution in [0.4, 0.5) is 0 Å². The Hall–Kier alpha value is -1.60. The highest BCUT2D eigenvalue weighted by Crippen LogP contribution is 2.15. The Kier molecular flexibility index (Phi) is 5.78. The summed E-state index contributed by atoms with van der Waals surface area (Å²) in [5.74, 6) is 0.230. The molecule has 1 N–H and O–H groups in total. The predicted molar refractivity (Wildman–Crippen MR) is 69.4 cm³/mol. The number of ether oxygens (including phenoxy) is 2. The molecule has 0 heterocycles. The average Bonchev–Trinajstić information content (AvgIpc) is 2.43. The maximum atomic E-state index is 11.9. The van der Waals surface area contributed by atoms with Crippen molar-refractivity contribution in [2.24, 2.45) is 0 Å². The van der Waals surface area contributed by atoms with Gasteiger partial charge in [0.15, 0.2) is 0 Å². The molecular weight excluding hydrogens is 270 g/mol. The number of nitrogens with one attached hydrogen (secondary N) is 1. The third kappa shape index (κ3) is 4.88. The number of carbonyl (C=O) groups excluding carboxylic acids is 1. The number of carbonyl (C=O) groups is 1. The first kappa shape index (κ1) is 15.5. The topological polar surface area (TPSA) is 81.7 Å². The standard InChI is InChI=1S/C12H17NO5S/c1-17-10-5-7-11(8-6-10)19(15,16)13-9-3-4-12(14)18-2/h5-8,13H,3-4,9H2,1-2H3. The van der Waals surface area contributed by atoms with Gasteiger partial charge in [-0.15, -0.1) is 0 Å². The van der Waals surface area contributed by atoms with Crippen LogP contribution in [0.25, 0.3) is 0 Å². The van der Waals surface area contributed by atoms with Crippen LogP contribution < -0.4 is 9.46 Å². The van der Waals surface area contributed by atoms with Crippen LogP contribution in [0, 0.1) is 0 Å². The summed E-state index contributed by atoms with van der Waals surface area (Å²) in [4.78, 5) is 11.0. The Morgan fingerprint density at radius 2 is 1.84 bits per heavy atom. The quantitative estimate of drug-likeness (QED) is 0.596. The maximum Gasteiger partial charge on any atom is 0.305 e. The minimum atomic E-state index is -3.55. The summed E-state index contributed by atoms with van der Waals surface area (Å²) in [5, 5.41) is 0. The molecular formula is C12H17NO5S. The molecule has 0 aliphatic rings. The Bertz CT molecular complexity index is 509. The van der Waals surface area contributed by atoms with E-state index in [-0.39, 0.29) is 23.8 Å². The van der Waals surface area contributed by atoms with E-state index in [1.807, 2.05) is 0 Å². The van der Waals surface area contributed by atoms with E-state index in [1.54, 1.807) is 12.1 Å². The Morgan fingerprint density at radius 1 is 1.21 bits per heavy atom. The van der Waals surface area contributed by atoms with Gasteiger partial charge in [-0.2, -0.15) is 0 Å². The van der Waals surface area contributed by atoms with Crippen LogP contribution >= 0.6 is 0 Å². The molecule has 106 valence electrons. The van der Waals surface area contributed by atoms with Crippen molar-refractivity contribution < 1.29 is 22.7 Å². The Balaban J connectivity index is 2.53. The van der Waals surface area contributed by atoms with Gasteiger partial charge in [0.25, 0.3) is 0 Å². The monoisotopic (exact) mass is 287 g/mol. The highest BCUT2D eigenvalue weighted by Gasteiger charge is 2.13. The third-order valence-corrected chi connectivity index (χ3v) is 3.92. The van der Waals surface area contributed by atoms with Crippen LogP contribution in [0.2, 0.25) is 0 Å². The van der Waals surface area contributed by atoms with E-state index in [4.69, 9.17) is 4.74 Å². The van der Waals surface area contributed by atoms with Gasteiger partial charge in [-0.3, -0.25) is 4.79 Å². The van der Waals surface area contributed by atoms with Crippen LogP contribution in [0.5, 0.6) is 5.75 Å². The second-order valence-corrected chi connectivity index (χ2v) is 5.52. The molecule has 0 unspecified atom stereocenters. The largest absolute Gasteiger partial charge is 0.497 e. The molecule has 7 heteroatoms. The number of hydrogen-bond acceptors (Lipinski definition) is 5. The number of benzene rings is 1. The van der Waals surface area contributed by atoms with E-state index in [2.05, 4.69) is 9.46 Å². The van der Waals surface area contributed by atoms with Gasteiger partial charge in [0.05, 0.1) is 19.1 Å². The molecule has 0 bridgehead atoms. The molecule has 0 saturated heterocycles. The summed E-state index contributed by atoms with van der Waals surface area (Å²) in [7, 11) is -0.744. The van der Waals surface area contributed by atoms with E-state index in [0.717, 1.165) is 0 Å². The van der Waals surface area contributed by atoms with Crippen LogP contribution in [0.1, 0.15) is 12.8 Å². The normalized spacial score (nSPS) is 11.1. The van der Waals surface area contributed by atoms with Gasteiger partial charge in [0.2, 0.25) is 10.0 Å². The van der Waals surface area contributed by atoms with Crippen molar-refractivity contribution in [1.29, 1.82) is 0 Å². The number of sulfonamides is 1. The van der Waals surface area contributed by atoms with Crippen molar-refractivity contribution in [1.82, 2.24) is 4.72 Å². The lowest BCUT2D eigenvalue weighted by Crippen LogP contribution is -2.25. The van der Waals surface area contributed by atoms with Crippen LogP contribution in [-0.2, 0) is 19.6 Å². The summed E-state index contributed by atoms with van der Waals surface area (Å²) in [6, 6.07) is 6.06. The van der Waals surface area contributed by atoms with Gasteiger partial charge in [-0.25, -0.2) is 13.1 Å². The number of rotatable bonds is 7. The Morgan fingerprint density at radius 3 is 2.37 bits per heavy atom. The highest BCUT2D eigenvalue weighted by atomic mass is 32.2. The zero-order valence-electron chi connectivity index (χ0n) is 10.9. The minimum Gasteiger partial charge on any atom is -0.497 e. The van der Waals surface area contributed by atoms with Gasteiger partial charge < -0.3 is 9.47 Å². The van der Waals surface area contributed by atoms with Crippen LogP contribution in [-0.4, -0.2) is 35.2 Å². The number of methoxy groups -OCH3 is 2. The van der Waals surface area contributed by atoms with Gasteiger partial charge in [0.1, 0.15) is 5.75 Å². The molecule has 1 aromatic rings. The minimum absolute atomic E-state index is 0.159. The molecule has 0 fully saturated rings. The smallest absolute Gasteiger partial charge is 0.305 e. The summed E-state index contributed by atoms with van der Waals surface area (Å²) < 4.78 is 35.6. The molecule has 0 atom stereocenters. The molecule has 1 aromatic carbocycles. The molecule has 1 rings (SSSR count). The second-order valence-electron chi connectivity index (χ2n) is 3.75. The predicted octanol–water partition coefficient (Wildman–Crippen LogP) is 0.927. The zero-order chi connectivity index (χ0) is 14.3. The molecule has 0 radical (unpaired) electrons. The first-order valence-corrected chi connectivity index (χ1v) is 7.18. The number of esters is 1. The van der Waals surface area contributed by atoms with Gasteiger partial charge in [-0.05, 0) is 30.7 Å².